The topological polar surface area (TPSA) is 84.2 Å². The van der Waals surface area contributed by atoms with Crippen LogP contribution in [0.2, 0.25) is 5.02 Å². The zero-order valence-electron chi connectivity index (χ0n) is 13.0. The number of rotatable bonds is 5. The van der Waals surface area contributed by atoms with Gasteiger partial charge in [-0.25, -0.2) is 9.18 Å². The molecule has 0 saturated heterocycles. The highest BCUT2D eigenvalue weighted by molar-refractivity contribution is 6.30. The van der Waals surface area contributed by atoms with Gasteiger partial charge in [-0.3, -0.25) is 4.79 Å². The van der Waals surface area contributed by atoms with Gasteiger partial charge in [0.25, 0.3) is 5.91 Å². The predicted octanol–water partition coefficient (Wildman–Crippen LogP) is 3.85. The second-order valence-electron chi connectivity index (χ2n) is 5.17. The molecule has 4 N–H and O–H groups in total. The van der Waals surface area contributed by atoms with Crippen LogP contribution in [-0.4, -0.2) is 11.9 Å². The van der Waals surface area contributed by atoms with Crippen LogP contribution in [0.25, 0.3) is 0 Å². The van der Waals surface area contributed by atoms with Crippen molar-refractivity contribution >= 4 is 29.2 Å². The van der Waals surface area contributed by atoms with Crippen molar-refractivity contribution in [3.63, 3.8) is 0 Å². The first-order valence-electron chi connectivity index (χ1n) is 7.33. The molecule has 2 rings (SSSR count). The van der Waals surface area contributed by atoms with Crippen LogP contribution in [0.4, 0.5) is 14.9 Å². The van der Waals surface area contributed by atoms with Gasteiger partial charge in [-0.1, -0.05) is 30.7 Å². The third-order valence-electron chi connectivity index (χ3n) is 3.45. The van der Waals surface area contributed by atoms with Crippen LogP contribution in [0.3, 0.4) is 0 Å². The molecule has 0 saturated carbocycles. The Bertz CT molecular complexity index is 767. The van der Waals surface area contributed by atoms with Crippen molar-refractivity contribution in [3.05, 3.63) is 64.4 Å². The van der Waals surface area contributed by atoms with Crippen LogP contribution in [0, 0.1) is 5.82 Å². The second-order valence-corrected chi connectivity index (χ2v) is 5.61. The van der Waals surface area contributed by atoms with E-state index in [0.717, 1.165) is 11.6 Å². The zero-order chi connectivity index (χ0) is 17.7. The minimum atomic E-state index is -0.901. The molecule has 0 aliphatic heterocycles. The Morgan fingerprint density at radius 1 is 1.25 bits per heavy atom. The van der Waals surface area contributed by atoms with Crippen LogP contribution in [0.1, 0.15) is 35.3 Å². The van der Waals surface area contributed by atoms with Gasteiger partial charge in [0.15, 0.2) is 0 Å². The van der Waals surface area contributed by atoms with Gasteiger partial charge in [-0.15, -0.1) is 0 Å². The molecule has 5 nitrogen and oxygen atoms in total. The van der Waals surface area contributed by atoms with Crippen molar-refractivity contribution < 1.29 is 14.0 Å². The van der Waals surface area contributed by atoms with E-state index in [0.29, 0.717) is 11.4 Å². The van der Waals surface area contributed by atoms with Gasteiger partial charge in [-0.2, -0.15) is 0 Å². The van der Waals surface area contributed by atoms with E-state index >= 15 is 0 Å². The number of carbonyl (C=O) groups is 2. The maximum Gasteiger partial charge on any atom is 0.319 e. The maximum absolute atomic E-state index is 13.4. The third kappa shape index (κ3) is 4.45. The lowest BCUT2D eigenvalue weighted by atomic mass is 10.1. The average Bonchev–Trinajstić information content (AvgIpc) is 2.54. The number of anilines is 1. The predicted molar refractivity (Wildman–Crippen MR) is 91.6 cm³/mol. The summed E-state index contributed by atoms with van der Waals surface area (Å²) in [5, 5.41) is 5.94. The van der Waals surface area contributed by atoms with Crippen LogP contribution in [0.15, 0.2) is 42.5 Å². The number of hydrogen-bond donors (Lipinski definition) is 3. The smallest absolute Gasteiger partial charge is 0.319 e. The Kier molecular flexibility index (Phi) is 5.76. The molecule has 2 aromatic carbocycles. The third-order valence-corrected chi connectivity index (χ3v) is 3.69. The van der Waals surface area contributed by atoms with E-state index in [9.17, 15) is 14.0 Å². The summed E-state index contributed by atoms with van der Waals surface area (Å²) in [7, 11) is 0. The molecule has 24 heavy (non-hydrogen) atoms. The number of urea groups is 1. The fraction of sp³-hybridized carbons (Fsp3) is 0.176. The number of primary amides is 1. The number of carbonyl (C=O) groups excluding carboxylic acids is 2. The van der Waals surface area contributed by atoms with Gasteiger partial charge < -0.3 is 16.4 Å². The molecular weight excluding hydrogens is 333 g/mol. The fourth-order valence-corrected chi connectivity index (χ4v) is 2.46. The van der Waals surface area contributed by atoms with Crippen molar-refractivity contribution in [2.45, 2.75) is 19.4 Å². The molecule has 0 bridgehead atoms. The van der Waals surface area contributed by atoms with Crippen LogP contribution < -0.4 is 16.4 Å². The number of halogens is 2. The van der Waals surface area contributed by atoms with Gasteiger partial charge in [0.05, 0.1) is 11.6 Å². The molecule has 2 aromatic rings. The Morgan fingerprint density at radius 3 is 2.62 bits per heavy atom. The molecule has 0 aromatic heterocycles. The van der Waals surface area contributed by atoms with Gasteiger partial charge in [0, 0.05) is 10.7 Å². The van der Waals surface area contributed by atoms with Gasteiger partial charge in [0.2, 0.25) is 0 Å². The Morgan fingerprint density at radius 2 is 2.00 bits per heavy atom. The average molecular weight is 350 g/mol. The SMILES string of the molecule is CCC(NC(=O)Nc1ccc(F)c(C(N)=O)c1)c1cccc(Cl)c1. The lowest BCUT2D eigenvalue weighted by molar-refractivity contribution is 0.0996. The molecule has 1 unspecified atom stereocenters. The highest BCUT2D eigenvalue weighted by Crippen LogP contribution is 2.21. The molecule has 126 valence electrons. The van der Waals surface area contributed by atoms with Crippen molar-refractivity contribution in [1.29, 1.82) is 0 Å². The fourth-order valence-electron chi connectivity index (χ4n) is 2.26. The Hall–Kier alpha value is -2.60. The minimum absolute atomic E-state index is 0.236. The molecular formula is C17H17ClFN3O2. The highest BCUT2D eigenvalue weighted by atomic mass is 35.5. The van der Waals surface area contributed by atoms with E-state index < -0.39 is 17.8 Å². The summed E-state index contributed by atoms with van der Waals surface area (Å²) < 4.78 is 13.4. The maximum atomic E-state index is 13.4. The van der Waals surface area contributed by atoms with Crippen LogP contribution in [-0.2, 0) is 0 Å². The van der Waals surface area contributed by atoms with Gasteiger partial charge in [-0.05, 0) is 42.3 Å². The van der Waals surface area contributed by atoms with E-state index in [4.69, 9.17) is 17.3 Å². The van der Waals surface area contributed by atoms with Crippen LogP contribution >= 0.6 is 11.6 Å². The first-order chi connectivity index (χ1) is 11.4. The standard InChI is InChI=1S/C17H17ClFN3O2/c1-2-15(10-4-3-5-11(18)8-10)22-17(24)21-12-6-7-14(19)13(9-12)16(20)23/h3-9,15H,2H2,1H3,(H2,20,23)(H2,21,22,24). The van der Waals surface area contributed by atoms with E-state index in [-0.39, 0.29) is 17.3 Å². The molecule has 0 fully saturated rings. The minimum Gasteiger partial charge on any atom is -0.366 e. The number of hydrogen-bond acceptors (Lipinski definition) is 2. The molecule has 0 aliphatic rings. The zero-order valence-corrected chi connectivity index (χ0v) is 13.7. The highest BCUT2D eigenvalue weighted by Gasteiger charge is 2.14. The summed E-state index contributed by atoms with van der Waals surface area (Å²) in [5.41, 5.74) is 5.94. The number of amides is 3. The van der Waals surface area contributed by atoms with Crippen molar-refractivity contribution in [1.82, 2.24) is 5.32 Å². The summed E-state index contributed by atoms with van der Waals surface area (Å²) in [6, 6.07) is 10.1. The first-order valence-corrected chi connectivity index (χ1v) is 7.70. The normalized spacial score (nSPS) is 11.6. The monoisotopic (exact) mass is 349 g/mol. The Balaban J connectivity index is 2.09. The largest absolute Gasteiger partial charge is 0.366 e. The summed E-state index contributed by atoms with van der Waals surface area (Å²) in [6.45, 7) is 1.93. The van der Waals surface area contributed by atoms with E-state index in [1.165, 1.54) is 12.1 Å². The summed E-state index contributed by atoms with van der Waals surface area (Å²) in [5.74, 6) is -1.64. The molecule has 0 aliphatic carbocycles. The quantitative estimate of drug-likeness (QED) is 0.766. The van der Waals surface area contributed by atoms with Crippen LogP contribution in [0.5, 0.6) is 0 Å². The first kappa shape index (κ1) is 17.7. The van der Waals surface area contributed by atoms with Crippen molar-refractivity contribution in [3.8, 4) is 0 Å². The lowest BCUT2D eigenvalue weighted by Crippen LogP contribution is -2.32. The second kappa shape index (κ2) is 7.79. The Labute approximate surface area is 144 Å². The van der Waals surface area contributed by atoms with E-state index in [1.807, 2.05) is 13.0 Å². The van der Waals surface area contributed by atoms with Crippen molar-refractivity contribution in [2.75, 3.05) is 5.32 Å². The number of nitrogens with one attached hydrogen (secondary N) is 2. The van der Waals surface area contributed by atoms with Gasteiger partial charge in [0.1, 0.15) is 5.82 Å². The molecule has 0 radical (unpaired) electrons. The van der Waals surface area contributed by atoms with E-state index in [2.05, 4.69) is 10.6 Å². The molecule has 1 atom stereocenters. The molecule has 3 amide bonds. The molecule has 7 heteroatoms. The molecule has 0 heterocycles. The summed E-state index contributed by atoms with van der Waals surface area (Å²) in [4.78, 5) is 23.3. The van der Waals surface area contributed by atoms with Gasteiger partial charge >= 0.3 is 6.03 Å². The van der Waals surface area contributed by atoms with E-state index in [1.54, 1.807) is 18.2 Å². The molecule has 0 spiro atoms. The number of nitrogens with two attached hydrogens (primary N) is 1. The lowest BCUT2D eigenvalue weighted by Gasteiger charge is -2.18. The summed E-state index contributed by atoms with van der Waals surface area (Å²) in [6.07, 6.45) is 0.656. The number of benzene rings is 2. The van der Waals surface area contributed by atoms with Crippen molar-refractivity contribution in [2.24, 2.45) is 5.73 Å². The summed E-state index contributed by atoms with van der Waals surface area (Å²) >= 11 is 5.97.